The largest absolute Gasteiger partial charge is 0.508 e. The number of hydrogen-bond donors (Lipinski definition) is 5. The number of nitriles is 1. The summed E-state index contributed by atoms with van der Waals surface area (Å²) in [5, 5.41) is 35.6. The molecule has 4 rings (SSSR count). The van der Waals surface area contributed by atoms with Crippen molar-refractivity contribution in [2.75, 3.05) is 52.6 Å². The van der Waals surface area contributed by atoms with Gasteiger partial charge in [0.05, 0.1) is 45.0 Å². The molecule has 3 aliphatic rings. The minimum absolute atomic E-state index is 0.0430. The van der Waals surface area contributed by atoms with E-state index in [9.17, 15) is 47.8 Å². The number of carboxylic acid groups (broad SMARTS) is 1. The van der Waals surface area contributed by atoms with Crippen LogP contribution in [0.3, 0.4) is 0 Å². The molecule has 18 heteroatoms. The molecule has 1 aromatic rings. The minimum atomic E-state index is -3.19. The van der Waals surface area contributed by atoms with Crippen molar-refractivity contribution in [1.29, 1.82) is 5.26 Å². The van der Waals surface area contributed by atoms with Crippen LogP contribution in [0.5, 0.6) is 5.75 Å². The lowest BCUT2D eigenvalue weighted by atomic mass is 9.99. The molecule has 0 aliphatic carbocycles. The van der Waals surface area contributed by atoms with Crippen molar-refractivity contribution in [3.05, 3.63) is 29.8 Å². The van der Waals surface area contributed by atoms with Gasteiger partial charge in [0, 0.05) is 51.2 Å². The first-order valence-corrected chi connectivity index (χ1v) is 16.7. The third-order valence-electron chi connectivity index (χ3n) is 8.94. The average molecular weight is 721 g/mol. The molecule has 3 saturated heterocycles. The van der Waals surface area contributed by atoms with Crippen LogP contribution in [-0.2, 0) is 44.7 Å². The van der Waals surface area contributed by atoms with Gasteiger partial charge in [0.25, 0.3) is 5.92 Å². The lowest BCUT2D eigenvalue weighted by Crippen LogP contribution is -2.46. The summed E-state index contributed by atoms with van der Waals surface area (Å²) in [5.41, 5.74) is 0.638. The van der Waals surface area contributed by atoms with Crippen LogP contribution in [0.1, 0.15) is 37.7 Å². The Morgan fingerprint density at radius 3 is 2.49 bits per heavy atom. The highest BCUT2D eigenvalue weighted by atomic mass is 19.3. The summed E-state index contributed by atoms with van der Waals surface area (Å²) in [6.45, 7) is 0.346. The number of amides is 5. The number of carbonyl (C=O) groups is 6. The van der Waals surface area contributed by atoms with Gasteiger partial charge < -0.3 is 45.4 Å². The van der Waals surface area contributed by atoms with Gasteiger partial charge in [-0.2, -0.15) is 5.26 Å². The monoisotopic (exact) mass is 720 g/mol. The molecule has 16 nitrogen and oxygen atoms in total. The number of ether oxygens (including phenoxy) is 2. The highest BCUT2D eigenvalue weighted by molar-refractivity contribution is 5.94. The number of benzene rings is 1. The lowest BCUT2D eigenvalue weighted by Gasteiger charge is -2.22. The van der Waals surface area contributed by atoms with Crippen molar-refractivity contribution < 1.29 is 57.2 Å². The first-order valence-electron chi connectivity index (χ1n) is 16.7. The van der Waals surface area contributed by atoms with Crippen LogP contribution in [0, 0.1) is 23.2 Å². The smallest absolute Gasteiger partial charge is 0.326 e. The fraction of sp³-hybridized carbons (Fsp3) is 0.606. The zero-order valence-electron chi connectivity index (χ0n) is 27.9. The molecule has 1 unspecified atom stereocenters. The van der Waals surface area contributed by atoms with Crippen LogP contribution in [-0.4, -0.2) is 132 Å². The second-order valence-corrected chi connectivity index (χ2v) is 12.8. The molecule has 0 saturated carbocycles. The first kappa shape index (κ1) is 38.9. The first-order chi connectivity index (χ1) is 24.3. The Morgan fingerprint density at radius 2 is 1.80 bits per heavy atom. The highest BCUT2D eigenvalue weighted by Crippen LogP contribution is 2.33. The summed E-state index contributed by atoms with van der Waals surface area (Å²) in [5.74, 6) is -8.06. The number of hydrogen-bond acceptors (Lipinski definition) is 10. The number of nitrogens with one attached hydrogen (secondary N) is 3. The van der Waals surface area contributed by atoms with Gasteiger partial charge in [-0.1, -0.05) is 12.1 Å². The number of nitrogens with zero attached hydrogens (tertiary/aromatic N) is 3. The summed E-state index contributed by atoms with van der Waals surface area (Å²) in [6.07, 6.45) is -0.615. The summed E-state index contributed by atoms with van der Waals surface area (Å²) >= 11 is 0. The van der Waals surface area contributed by atoms with Gasteiger partial charge in [-0.25, -0.2) is 13.6 Å². The number of rotatable bonds is 17. The SMILES string of the molecule is N#C[C@@H]1CC(F)(F)CN1C(=O)[C@@H]1C[C@@H](CC(=O)N2CCC(C(=O)NCCOCCOCCC(=O)N[C@@H](Cc3ccc(O)cc3)C(=O)O)C2)C(=O)N1. The molecule has 0 spiro atoms. The van der Waals surface area contributed by atoms with E-state index in [1.165, 1.54) is 17.0 Å². The molecule has 3 fully saturated rings. The van der Waals surface area contributed by atoms with Gasteiger partial charge in [-0.05, 0) is 30.5 Å². The molecule has 5 atom stereocenters. The third-order valence-corrected chi connectivity index (χ3v) is 8.94. The molecular weight excluding hydrogens is 678 g/mol. The Balaban J connectivity index is 1.04. The summed E-state index contributed by atoms with van der Waals surface area (Å²) < 4.78 is 38.4. The van der Waals surface area contributed by atoms with Gasteiger partial charge in [-0.15, -0.1) is 0 Å². The maximum Gasteiger partial charge on any atom is 0.326 e. The van der Waals surface area contributed by atoms with Crippen LogP contribution >= 0.6 is 0 Å². The molecule has 0 aromatic heterocycles. The van der Waals surface area contributed by atoms with Gasteiger partial charge >= 0.3 is 5.97 Å². The van der Waals surface area contributed by atoms with E-state index >= 15 is 0 Å². The summed E-state index contributed by atoms with van der Waals surface area (Å²) in [6, 6.07) is 4.19. The number of aliphatic carboxylic acids is 1. The molecule has 5 amide bonds. The van der Waals surface area contributed by atoms with Gasteiger partial charge in [0.15, 0.2) is 0 Å². The number of carboxylic acids is 1. The van der Waals surface area contributed by atoms with E-state index in [0.717, 1.165) is 4.90 Å². The normalized spacial score (nSPS) is 23.0. The number of carbonyl (C=O) groups excluding carboxylic acids is 5. The fourth-order valence-corrected chi connectivity index (χ4v) is 6.20. The van der Waals surface area contributed by atoms with Crippen LogP contribution in [0.15, 0.2) is 24.3 Å². The van der Waals surface area contributed by atoms with Crippen LogP contribution in [0.4, 0.5) is 8.78 Å². The highest BCUT2D eigenvalue weighted by Gasteiger charge is 2.50. The van der Waals surface area contributed by atoms with E-state index in [1.807, 2.05) is 0 Å². The van der Waals surface area contributed by atoms with Crippen molar-refractivity contribution >= 4 is 35.5 Å². The molecule has 5 N–H and O–H groups in total. The number of aromatic hydroxyl groups is 1. The second kappa shape index (κ2) is 17.9. The zero-order chi connectivity index (χ0) is 37.1. The topological polar surface area (TPSA) is 228 Å². The maximum absolute atomic E-state index is 13.8. The number of halogens is 2. The Hall–Kier alpha value is -4.89. The molecule has 3 heterocycles. The van der Waals surface area contributed by atoms with Gasteiger partial charge in [0.2, 0.25) is 29.5 Å². The maximum atomic E-state index is 13.8. The number of likely N-dealkylation sites (tertiary alicyclic amines) is 2. The van der Waals surface area contributed by atoms with E-state index in [4.69, 9.17) is 14.7 Å². The third kappa shape index (κ3) is 11.3. The molecular formula is C33H42F2N6O10. The fourth-order valence-electron chi connectivity index (χ4n) is 6.20. The van der Waals surface area contributed by atoms with Crippen LogP contribution in [0.25, 0.3) is 0 Å². The van der Waals surface area contributed by atoms with Crippen LogP contribution in [0.2, 0.25) is 0 Å². The zero-order valence-corrected chi connectivity index (χ0v) is 27.9. The van der Waals surface area contributed by atoms with Crippen LogP contribution < -0.4 is 16.0 Å². The minimum Gasteiger partial charge on any atom is -0.508 e. The van der Waals surface area contributed by atoms with Crippen molar-refractivity contribution in [3.63, 3.8) is 0 Å². The number of phenols is 1. The second-order valence-electron chi connectivity index (χ2n) is 12.8. The number of alkyl halides is 2. The van der Waals surface area contributed by atoms with Crippen molar-refractivity contribution in [3.8, 4) is 11.8 Å². The Labute approximate surface area is 292 Å². The summed E-state index contributed by atoms with van der Waals surface area (Å²) in [7, 11) is 0. The Kier molecular flexibility index (Phi) is 13.6. The average Bonchev–Trinajstić information content (AvgIpc) is 3.81. The molecule has 51 heavy (non-hydrogen) atoms. The number of phenolic OH excluding ortho intramolecular Hbond substituents is 1. The van der Waals surface area contributed by atoms with Gasteiger partial charge in [0.1, 0.15) is 23.9 Å². The molecule has 0 bridgehead atoms. The van der Waals surface area contributed by atoms with E-state index in [1.54, 1.807) is 18.2 Å². The summed E-state index contributed by atoms with van der Waals surface area (Å²) in [4.78, 5) is 76.8. The predicted molar refractivity (Wildman–Crippen MR) is 171 cm³/mol. The molecule has 0 radical (unpaired) electrons. The van der Waals surface area contributed by atoms with Gasteiger partial charge in [-0.3, -0.25) is 24.0 Å². The van der Waals surface area contributed by atoms with Crippen molar-refractivity contribution in [2.45, 2.75) is 62.6 Å². The predicted octanol–water partition coefficient (Wildman–Crippen LogP) is -0.453. The van der Waals surface area contributed by atoms with Crippen molar-refractivity contribution in [1.82, 2.24) is 25.8 Å². The van der Waals surface area contributed by atoms with E-state index in [0.29, 0.717) is 18.5 Å². The molecule has 278 valence electrons. The molecule has 1 aromatic carbocycles. The standard InChI is InChI=1S/C33H42F2N6O10/c34-33(35)16-23(17-36)41(19-33)31(47)25-14-22(30(46)39-25)15-28(44)40-8-5-21(18-40)29(45)37-7-10-51-12-11-50-9-6-27(43)38-26(32(48)49)13-20-1-3-24(42)4-2-20/h1-4,21-23,25-26,42H,5-16,18-19H2,(H,37,45)(H,38,43)(H,39,46)(H,48,49)/t21?,22-,23-,25-,26-/m0/s1. The Bertz CT molecular complexity index is 1490. The van der Waals surface area contributed by atoms with E-state index < -0.39 is 72.5 Å². The lowest BCUT2D eigenvalue weighted by molar-refractivity contribution is -0.142. The quantitative estimate of drug-likeness (QED) is 0.130. The van der Waals surface area contributed by atoms with Crippen molar-refractivity contribution in [2.24, 2.45) is 11.8 Å². The van der Waals surface area contributed by atoms with E-state index in [-0.39, 0.29) is 82.8 Å². The Morgan fingerprint density at radius 1 is 1.10 bits per heavy atom. The van der Waals surface area contributed by atoms with E-state index in [2.05, 4.69) is 16.0 Å². The molecule has 3 aliphatic heterocycles.